The van der Waals surface area contributed by atoms with Gasteiger partial charge >= 0.3 is 0 Å². The lowest BCUT2D eigenvalue weighted by molar-refractivity contribution is 0.0921. The van der Waals surface area contributed by atoms with Gasteiger partial charge < -0.3 is 14.9 Å². The standard InChI is InChI=1S/C14H10Cl2O4/c15-9-2-4-14(10(16)6-9)20-7-13(19)8-1-3-11(17)12(18)5-8/h1-6,17-18H,7H2. The van der Waals surface area contributed by atoms with Gasteiger partial charge in [0.1, 0.15) is 5.75 Å². The fraction of sp³-hybridized carbons (Fsp3) is 0.0714. The first-order valence-electron chi connectivity index (χ1n) is 5.60. The molecule has 2 aromatic carbocycles. The summed E-state index contributed by atoms with van der Waals surface area (Å²) in [4.78, 5) is 11.9. The maximum Gasteiger partial charge on any atom is 0.200 e. The Balaban J connectivity index is 2.06. The summed E-state index contributed by atoms with van der Waals surface area (Å²) < 4.78 is 5.29. The predicted molar refractivity (Wildman–Crippen MR) is 76.1 cm³/mol. The highest BCUT2D eigenvalue weighted by Crippen LogP contribution is 2.28. The number of benzene rings is 2. The Labute approximate surface area is 125 Å². The summed E-state index contributed by atoms with van der Waals surface area (Å²) in [7, 11) is 0. The van der Waals surface area contributed by atoms with Gasteiger partial charge in [-0.05, 0) is 36.4 Å². The first-order valence-corrected chi connectivity index (χ1v) is 6.36. The lowest BCUT2D eigenvalue weighted by Gasteiger charge is -2.08. The number of aromatic hydroxyl groups is 2. The molecule has 0 bridgehead atoms. The number of Topliss-reactive ketones (excluding diaryl/α,β-unsaturated/α-hetero) is 1. The van der Waals surface area contributed by atoms with Crippen LogP contribution in [0.5, 0.6) is 17.2 Å². The van der Waals surface area contributed by atoms with Gasteiger partial charge in [0.2, 0.25) is 0 Å². The van der Waals surface area contributed by atoms with Crippen LogP contribution in [0.2, 0.25) is 10.0 Å². The van der Waals surface area contributed by atoms with Crippen molar-refractivity contribution in [1.82, 2.24) is 0 Å². The molecule has 0 fully saturated rings. The van der Waals surface area contributed by atoms with Gasteiger partial charge in [0, 0.05) is 10.6 Å². The van der Waals surface area contributed by atoms with Gasteiger partial charge in [0.05, 0.1) is 5.02 Å². The van der Waals surface area contributed by atoms with E-state index in [4.69, 9.17) is 27.9 Å². The van der Waals surface area contributed by atoms with Crippen LogP contribution in [-0.4, -0.2) is 22.6 Å². The second-order valence-electron chi connectivity index (χ2n) is 3.99. The Kier molecular flexibility index (Phi) is 4.37. The molecule has 0 aliphatic rings. The molecule has 0 spiro atoms. The fourth-order valence-electron chi connectivity index (χ4n) is 1.52. The fourth-order valence-corrected chi connectivity index (χ4v) is 1.98. The molecule has 0 saturated heterocycles. The second kappa shape index (κ2) is 6.03. The zero-order chi connectivity index (χ0) is 14.7. The number of ether oxygens (including phenoxy) is 1. The van der Waals surface area contributed by atoms with Crippen molar-refractivity contribution in [2.24, 2.45) is 0 Å². The SMILES string of the molecule is O=C(COc1ccc(Cl)cc1Cl)c1ccc(O)c(O)c1. The van der Waals surface area contributed by atoms with Crippen molar-refractivity contribution < 1.29 is 19.7 Å². The monoisotopic (exact) mass is 312 g/mol. The summed E-state index contributed by atoms with van der Waals surface area (Å²) in [6, 6.07) is 8.47. The molecule has 0 heterocycles. The van der Waals surface area contributed by atoms with E-state index in [2.05, 4.69) is 0 Å². The van der Waals surface area contributed by atoms with Crippen LogP contribution >= 0.6 is 23.2 Å². The average Bonchev–Trinajstić information content (AvgIpc) is 2.40. The average molecular weight is 313 g/mol. The first kappa shape index (κ1) is 14.5. The lowest BCUT2D eigenvalue weighted by Crippen LogP contribution is -2.11. The van der Waals surface area contributed by atoms with Crippen molar-refractivity contribution in [3.8, 4) is 17.2 Å². The minimum Gasteiger partial charge on any atom is -0.504 e. The Bertz CT molecular complexity index is 656. The zero-order valence-electron chi connectivity index (χ0n) is 10.1. The Morgan fingerprint density at radius 3 is 2.45 bits per heavy atom. The number of carbonyl (C=O) groups excluding carboxylic acids is 1. The molecule has 4 nitrogen and oxygen atoms in total. The van der Waals surface area contributed by atoms with Crippen LogP contribution in [0.25, 0.3) is 0 Å². The maximum absolute atomic E-state index is 11.9. The van der Waals surface area contributed by atoms with Gasteiger partial charge in [-0.3, -0.25) is 4.79 Å². The molecule has 6 heteroatoms. The highest BCUT2D eigenvalue weighted by Gasteiger charge is 2.11. The quantitative estimate of drug-likeness (QED) is 0.667. The first-order chi connectivity index (χ1) is 9.47. The molecule has 2 rings (SSSR count). The molecular weight excluding hydrogens is 303 g/mol. The van der Waals surface area contributed by atoms with Crippen LogP contribution in [0.3, 0.4) is 0 Å². The summed E-state index contributed by atoms with van der Waals surface area (Å²) in [6.07, 6.45) is 0. The molecule has 0 saturated carbocycles. The number of carbonyl (C=O) groups is 1. The van der Waals surface area contributed by atoms with Crippen molar-refractivity contribution in [3.05, 3.63) is 52.0 Å². The van der Waals surface area contributed by atoms with Crippen molar-refractivity contribution >= 4 is 29.0 Å². The largest absolute Gasteiger partial charge is 0.504 e. The van der Waals surface area contributed by atoms with Crippen molar-refractivity contribution in [2.45, 2.75) is 0 Å². The van der Waals surface area contributed by atoms with E-state index in [0.717, 1.165) is 0 Å². The number of ketones is 1. The molecule has 104 valence electrons. The molecule has 0 radical (unpaired) electrons. The molecule has 0 aliphatic carbocycles. The summed E-state index contributed by atoms with van der Waals surface area (Å²) in [5.41, 5.74) is 0.227. The minimum atomic E-state index is -0.361. The molecule has 2 N–H and O–H groups in total. The van der Waals surface area contributed by atoms with E-state index in [0.29, 0.717) is 15.8 Å². The van der Waals surface area contributed by atoms with Crippen LogP contribution in [0.4, 0.5) is 0 Å². The van der Waals surface area contributed by atoms with E-state index in [1.165, 1.54) is 24.3 Å². The number of rotatable bonds is 4. The molecule has 0 aliphatic heterocycles. The van der Waals surface area contributed by atoms with E-state index < -0.39 is 0 Å². The Morgan fingerprint density at radius 2 is 1.80 bits per heavy atom. The number of hydrogen-bond acceptors (Lipinski definition) is 4. The number of phenolic OH excluding ortho intramolecular Hbond substituents is 2. The number of halogens is 2. The topological polar surface area (TPSA) is 66.8 Å². The van der Waals surface area contributed by atoms with Crippen LogP contribution in [0, 0.1) is 0 Å². The third-order valence-corrected chi connectivity index (χ3v) is 3.08. The third kappa shape index (κ3) is 3.35. The summed E-state index contributed by atoms with van der Waals surface area (Å²) in [5.74, 6) is -0.665. The van der Waals surface area contributed by atoms with Gasteiger partial charge in [0.25, 0.3) is 0 Å². The second-order valence-corrected chi connectivity index (χ2v) is 4.83. The molecule has 0 aromatic heterocycles. The summed E-state index contributed by atoms with van der Waals surface area (Å²) >= 11 is 11.7. The molecule has 0 amide bonds. The van der Waals surface area contributed by atoms with E-state index in [9.17, 15) is 15.0 Å². The van der Waals surface area contributed by atoms with E-state index in [1.54, 1.807) is 12.1 Å². The van der Waals surface area contributed by atoms with Gasteiger partial charge in [0.15, 0.2) is 23.9 Å². The molecule has 2 aromatic rings. The van der Waals surface area contributed by atoms with Crippen LogP contribution in [0.15, 0.2) is 36.4 Å². The van der Waals surface area contributed by atoms with Crippen molar-refractivity contribution in [3.63, 3.8) is 0 Å². The number of phenols is 2. The molecule has 0 atom stereocenters. The summed E-state index contributed by atoms with van der Waals surface area (Å²) in [6.45, 7) is -0.244. The number of hydrogen-bond donors (Lipinski definition) is 2. The summed E-state index contributed by atoms with van der Waals surface area (Å²) in [5, 5.41) is 19.3. The third-order valence-electron chi connectivity index (χ3n) is 2.55. The van der Waals surface area contributed by atoms with E-state index in [1.807, 2.05) is 0 Å². The Hall–Kier alpha value is -1.91. The molecule has 0 unspecified atom stereocenters. The van der Waals surface area contributed by atoms with Crippen LogP contribution < -0.4 is 4.74 Å². The van der Waals surface area contributed by atoms with E-state index >= 15 is 0 Å². The highest BCUT2D eigenvalue weighted by molar-refractivity contribution is 6.35. The van der Waals surface area contributed by atoms with Crippen LogP contribution in [-0.2, 0) is 0 Å². The van der Waals surface area contributed by atoms with Crippen LogP contribution in [0.1, 0.15) is 10.4 Å². The minimum absolute atomic E-state index is 0.227. The molecular formula is C14H10Cl2O4. The molecule has 20 heavy (non-hydrogen) atoms. The lowest BCUT2D eigenvalue weighted by atomic mass is 10.1. The zero-order valence-corrected chi connectivity index (χ0v) is 11.6. The highest BCUT2D eigenvalue weighted by atomic mass is 35.5. The smallest absolute Gasteiger partial charge is 0.200 e. The normalized spacial score (nSPS) is 10.3. The van der Waals surface area contributed by atoms with Crippen molar-refractivity contribution in [2.75, 3.05) is 6.61 Å². The predicted octanol–water partition coefficient (Wildman–Crippen LogP) is 3.67. The van der Waals surface area contributed by atoms with Gasteiger partial charge in [-0.2, -0.15) is 0 Å². The van der Waals surface area contributed by atoms with Gasteiger partial charge in [-0.1, -0.05) is 23.2 Å². The van der Waals surface area contributed by atoms with Crippen molar-refractivity contribution in [1.29, 1.82) is 0 Å². The Morgan fingerprint density at radius 1 is 1.05 bits per heavy atom. The van der Waals surface area contributed by atoms with Gasteiger partial charge in [-0.15, -0.1) is 0 Å². The van der Waals surface area contributed by atoms with Gasteiger partial charge in [-0.25, -0.2) is 0 Å². The van der Waals surface area contributed by atoms with E-state index in [-0.39, 0.29) is 29.5 Å². The maximum atomic E-state index is 11.9.